The van der Waals surface area contributed by atoms with Crippen LogP contribution in [-0.2, 0) is 9.53 Å². The summed E-state index contributed by atoms with van der Waals surface area (Å²) in [5.41, 5.74) is 0.647. The summed E-state index contributed by atoms with van der Waals surface area (Å²) in [5, 5.41) is 3.27. The molecule has 1 aromatic heterocycles. The van der Waals surface area contributed by atoms with Gasteiger partial charge >= 0.3 is 5.97 Å². The molecule has 6 heteroatoms. The van der Waals surface area contributed by atoms with Crippen LogP contribution in [0.25, 0.3) is 0 Å². The highest BCUT2D eigenvalue weighted by Gasteiger charge is 2.29. The molecule has 0 fully saturated rings. The van der Waals surface area contributed by atoms with Gasteiger partial charge in [-0.3, -0.25) is 4.79 Å². The Hall–Kier alpha value is -1.17. The number of nitrogens with zero attached hydrogens (tertiary/aromatic N) is 1. The predicted molar refractivity (Wildman–Crippen MR) is 60.7 cm³/mol. The highest BCUT2D eigenvalue weighted by atomic mass is 32.2. The fourth-order valence-electron chi connectivity index (χ4n) is 1.35. The van der Waals surface area contributed by atoms with Crippen LogP contribution in [0.4, 0.5) is 0 Å². The summed E-state index contributed by atoms with van der Waals surface area (Å²) in [6, 6.07) is 0. The lowest BCUT2D eigenvalue weighted by atomic mass is 10.2. The first-order chi connectivity index (χ1) is 7.65. The number of ether oxygens (including phenoxy) is 2. The maximum atomic E-state index is 11.7. The maximum Gasteiger partial charge on any atom is 0.323 e. The van der Waals surface area contributed by atoms with Gasteiger partial charge in [0.05, 0.1) is 19.3 Å². The number of esters is 1. The molecular weight excluding hydrogens is 230 g/mol. The topological polar surface area (TPSA) is 61.6 Å². The van der Waals surface area contributed by atoms with Crippen molar-refractivity contribution < 1.29 is 18.8 Å². The molecule has 90 valence electrons. The predicted octanol–water partition coefficient (Wildman–Crippen LogP) is 1.96. The molecule has 0 aliphatic rings. The minimum atomic E-state index is -0.457. The number of methoxy groups -OCH3 is 1. The average molecular weight is 245 g/mol. The fraction of sp³-hybridized carbons (Fsp3) is 0.600. The van der Waals surface area contributed by atoms with Crippen molar-refractivity contribution in [1.29, 1.82) is 0 Å². The van der Waals surface area contributed by atoms with Crippen LogP contribution < -0.4 is 4.74 Å². The van der Waals surface area contributed by atoms with Gasteiger partial charge in [0.25, 0.3) is 5.88 Å². The number of aryl methyl sites for hydroxylation is 1. The average Bonchev–Trinajstić information content (AvgIpc) is 2.62. The Morgan fingerprint density at radius 3 is 2.81 bits per heavy atom. The third-order valence-electron chi connectivity index (χ3n) is 2.07. The van der Waals surface area contributed by atoms with E-state index in [1.807, 2.05) is 6.26 Å². The quantitative estimate of drug-likeness (QED) is 0.739. The lowest BCUT2D eigenvalue weighted by molar-refractivity contribution is -0.142. The molecule has 1 rings (SSSR count). The molecule has 0 amide bonds. The van der Waals surface area contributed by atoms with Gasteiger partial charge < -0.3 is 14.0 Å². The van der Waals surface area contributed by atoms with Crippen LogP contribution in [0.2, 0.25) is 0 Å². The van der Waals surface area contributed by atoms with Crippen LogP contribution in [-0.4, -0.2) is 31.1 Å². The Labute approximate surface area is 98.5 Å². The van der Waals surface area contributed by atoms with Crippen LogP contribution in [0.3, 0.4) is 0 Å². The number of thioether (sulfide) groups is 1. The lowest BCUT2D eigenvalue weighted by Crippen LogP contribution is -2.14. The first kappa shape index (κ1) is 12.9. The largest absolute Gasteiger partial charge is 0.479 e. The Morgan fingerprint density at radius 1 is 1.62 bits per heavy atom. The molecule has 16 heavy (non-hydrogen) atoms. The van der Waals surface area contributed by atoms with Gasteiger partial charge in [0.2, 0.25) is 0 Å². The van der Waals surface area contributed by atoms with Crippen LogP contribution in [0.1, 0.15) is 23.5 Å². The van der Waals surface area contributed by atoms with E-state index in [1.54, 1.807) is 13.8 Å². The molecule has 0 aliphatic carbocycles. The van der Waals surface area contributed by atoms with Crippen molar-refractivity contribution in [3.8, 4) is 5.88 Å². The highest BCUT2D eigenvalue weighted by Crippen LogP contribution is 2.36. The van der Waals surface area contributed by atoms with Crippen molar-refractivity contribution in [1.82, 2.24) is 5.16 Å². The number of rotatable bonds is 5. The standard InChI is InChI=1S/C10H15NO4S/c1-5-14-10(12)8(16-4)7-6(2)15-11-9(7)13-3/h8H,5H2,1-4H3. The number of aromatic nitrogens is 1. The molecule has 0 N–H and O–H groups in total. The molecule has 1 aromatic rings. The number of hydrogen-bond acceptors (Lipinski definition) is 6. The van der Waals surface area contributed by atoms with Crippen molar-refractivity contribution in [2.75, 3.05) is 20.0 Å². The molecule has 5 nitrogen and oxygen atoms in total. The zero-order valence-corrected chi connectivity index (χ0v) is 10.6. The monoisotopic (exact) mass is 245 g/mol. The third kappa shape index (κ3) is 2.49. The second-order valence-electron chi connectivity index (χ2n) is 3.03. The van der Waals surface area contributed by atoms with Crippen LogP contribution in [0.5, 0.6) is 5.88 Å². The van der Waals surface area contributed by atoms with Crippen molar-refractivity contribution in [3.05, 3.63) is 11.3 Å². The molecule has 0 bridgehead atoms. The Balaban J connectivity index is 3.02. The molecule has 0 spiro atoms. The van der Waals surface area contributed by atoms with Gasteiger partial charge in [-0.25, -0.2) is 0 Å². The van der Waals surface area contributed by atoms with E-state index in [9.17, 15) is 4.79 Å². The highest BCUT2D eigenvalue weighted by molar-refractivity contribution is 7.99. The third-order valence-corrected chi connectivity index (χ3v) is 2.97. The molecule has 0 saturated heterocycles. The zero-order valence-electron chi connectivity index (χ0n) is 9.77. The first-order valence-corrected chi connectivity index (χ1v) is 6.14. The zero-order chi connectivity index (χ0) is 12.1. The van der Waals surface area contributed by atoms with E-state index in [0.717, 1.165) is 0 Å². The smallest absolute Gasteiger partial charge is 0.323 e. The van der Waals surface area contributed by atoms with Crippen LogP contribution in [0.15, 0.2) is 4.52 Å². The van der Waals surface area contributed by atoms with Gasteiger partial charge in [-0.15, -0.1) is 11.8 Å². The van der Waals surface area contributed by atoms with E-state index in [2.05, 4.69) is 5.16 Å². The van der Waals surface area contributed by atoms with Crippen molar-refractivity contribution >= 4 is 17.7 Å². The van der Waals surface area contributed by atoms with E-state index in [0.29, 0.717) is 23.8 Å². The molecule has 1 heterocycles. The summed E-state index contributed by atoms with van der Waals surface area (Å²) >= 11 is 1.36. The van der Waals surface area contributed by atoms with Crippen molar-refractivity contribution in [2.45, 2.75) is 19.1 Å². The van der Waals surface area contributed by atoms with Gasteiger partial charge in [-0.2, -0.15) is 0 Å². The summed E-state index contributed by atoms with van der Waals surface area (Å²) in [7, 11) is 1.49. The van der Waals surface area contributed by atoms with Gasteiger partial charge in [0, 0.05) is 0 Å². The Kier molecular flexibility index (Phi) is 4.67. The molecule has 1 atom stereocenters. The van der Waals surface area contributed by atoms with E-state index in [-0.39, 0.29) is 5.97 Å². The molecule has 0 radical (unpaired) electrons. The molecule has 0 aliphatic heterocycles. The summed E-state index contributed by atoms with van der Waals surface area (Å²) in [6.07, 6.45) is 1.83. The fourth-order valence-corrected chi connectivity index (χ4v) is 2.12. The van der Waals surface area contributed by atoms with Gasteiger partial charge in [-0.05, 0) is 25.3 Å². The summed E-state index contributed by atoms with van der Waals surface area (Å²) < 4.78 is 15.0. The van der Waals surface area contributed by atoms with Gasteiger partial charge in [0.15, 0.2) is 0 Å². The lowest BCUT2D eigenvalue weighted by Gasteiger charge is -2.12. The van der Waals surface area contributed by atoms with Crippen LogP contribution >= 0.6 is 11.8 Å². The summed E-state index contributed by atoms with van der Waals surface area (Å²) in [6.45, 7) is 3.86. The van der Waals surface area contributed by atoms with Crippen molar-refractivity contribution in [3.63, 3.8) is 0 Å². The van der Waals surface area contributed by atoms with E-state index >= 15 is 0 Å². The molecular formula is C10H15NO4S. The molecule has 0 saturated carbocycles. The minimum absolute atomic E-state index is 0.306. The second kappa shape index (κ2) is 5.79. The molecule has 0 aromatic carbocycles. The Bertz CT molecular complexity index is 364. The number of hydrogen-bond donors (Lipinski definition) is 0. The molecule has 1 unspecified atom stereocenters. The normalized spacial score (nSPS) is 12.2. The van der Waals surface area contributed by atoms with E-state index < -0.39 is 5.25 Å². The van der Waals surface area contributed by atoms with Gasteiger partial charge in [0.1, 0.15) is 11.0 Å². The summed E-state index contributed by atoms with van der Waals surface area (Å²) in [4.78, 5) is 11.7. The Morgan fingerprint density at radius 2 is 2.31 bits per heavy atom. The number of carbonyl (C=O) groups is 1. The van der Waals surface area contributed by atoms with E-state index in [1.165, 1.54) is 18.9 Å². The van der Waals surface area contributed by atoms with Gasteiger partial charge in [-0.1, -0.05) is 0 Å². The van der Waals surface area contributed by atoms with E-state index in [4.69, 9.17) is 14.0 Å². The van der Waals surface area contributed by atoms with Crippen LogP contribution in [0, 0.1) is 6.92 Å². The minimum Gasteiger partial charge on any atom is -0.479 e. The first-order valence-electron chi connectivity index (χ1n) is 4.85. The number of carbonyl (C=O) groups excluding carboxylic acids is 1. The summed E-state index contributed by atoms with van der Waals surface area (Å²) in [5.74, 6) is 0.605. The maximum absolute atomic E-state index is 11.7. The second-order valence-corrected chi connectivity index (χ2v) is 3.97. The van der Waals surface area contributed by atoms with Crippen molar-refractivity contribution in [2.24, 2.45) is 0 Å². The SMILES string of the molecule is CCOC(=O)C(SC)c1c(OC)noc1C.